The second-order valence-corrected chi connectivity index (χ2v) is 6.12. The molecule has 1 aromatic rings. The van der Waals surface area contributed by atoms with Crippen molar-refractivity contribution in [2.24, 2.45) is 5.73 Å². The summed E-state index contributed by atoms with van der Waals surface area (Å²) in [4.78, 5) is 0. The molecule has 0 aliphatic carbocycles. The number of halogens is 4. The highest BCUT2D eigenvalue weighted by Crippen LogP contribution is 2.32. The standard InChI is InChI=1S/C10H11F4NO2S/c1-18(16,17)5-9(15)6-2-3-7(8(11)4-6)10(12,13)14/h2-4,9H,5,15H2,1H3. The molecule has 0 saturated heterocycles. The molecule has 8 heteroatoms. The van der Waals surface area contributed by atoms with Gasteiger partial charge in [0.05, 0.1) is 11.3 Å². The van der Waals surface area contributed by atoms with Crippen molar-refractivity contribution in [1.82, 2.24) is 0 Å². The SMILES string of the molecule is CS(=O)(=O)CC(N)c1ccc(C(F)(F)F)c(F)c1. The molecule has 1 rings (SSSR count). The molecule has 2 N–H and O–H groups in total. The van der Waals surface area contributed by atoms with Gasteiger partial charge >= 0.3 is 6.18 Å². The van der Waals surface area contributed by atoms with Crippen LogP contribution < -0.4 is 5.73 Å². The van der Waals surface area contributed by atoms with Gasteiger partial charge in [0, 0.05) is 12.3 Å². The molecule has 0 aliphatic rings. The molecule has 1 aromatic carbocycles. The Kier molecular flexibility index (Phi) is 4.02. The maximum absolute atomic E-state index is 13.2. The van der Waals surface area contributed by atoms with Crippen LogP contribution in [-0.4, -0.2) is 20.4 Å². The molecule has 3 nitrogen and oxygen atoms in total. The topological polar surface area (TPSA) is 60.2 Å². The minimum atomic E-state index is -4.79. The minimum absolute atomic E-state index is 0.00549. The highest BCUT2D eigenvalue weighted by atomic mass is 32.2. The maximum atomic E-state index is 13.2. The first-order valence-electron chi connectivity index (χ1n) is 4.80. The Hall–Kier alpha value is -1.15. The van der Waals surface area contributed by atoms with Crippen LogP contribution in [0.25, 0.3) is 0 Å². The fourth-order valence-electron chi connectivity index (χ4n) is 1.41. The molecule has 0 bridgehead atoms. The summed E-state index contributed by atoms with van der Waals surface area (Å²) in [5, 5.41) is 0. The first-order valence-corrected chi connectivity index (χ1v) is 6.86. The van der Waals surface area contributed by atoms with Crippen LogP contribution >= 0.6 is 0 Å². The molecule has 18 heavy (non-hydrogen) atoms. The fourth-order valence-corrected chi connectivity index (χ4v) is 2.26. The van der Waals surface area contributed by atoms with Crippen LogP contribution in [0.2, 0.25) is 0 Å². The summed E-state index contributed by atoms with van der Waals surface area (Å²) in [6, 6.07) is 1.07. The lowest BCUT2D eigenvalue weighted by molar-refractivity contribution is -0.140. The summed E-state index contributed by atoms with van der Waals surface area (Å²) in [6.07, 6.45) is -3.85. The molecule has 0 fully saturated rings. The number of benzene rings is 1. The summed E-state index contributed by atoms with van der Waals surface area (Å²) >= 11 is 0. The van der Waals surface area contributed by atoms with Crippen molar-refractivity contribution in [1.29, 1.82) is 0 Å². The van der Waals surface area contributed by atoms with Gasteiger partial charge in [0.25, 0.3) is 0 Å². The molecule has 102 valence electrons. The zero-order valence-corrected chi connectivity index (χ0v) is 10.1. The monoisotopic (exact) mass is 285 g/mol. The molecule has 0 aromatic heterocycles. The predicted octanol–water partition coefficient (Wildman–Crippen LogP) is 1.89. The van der Waals surface area contributed by atoms with E-state index in [2.05, 4.69) is 0 Å². The molecule has 0 spiro atoms. The van der Waals surface area contributed by atoms with Crippen molar-refractivity contribution >= 4 is 9.84 Å². The van der Waals surface area contributed by atoms with Gasteiger partial charge in [-0.05, 0) is 17.7 Å². The van der Waals surface area contributed by atoms with Gasteiger partial charge in [0.2, 0.25) is 0 Å². The minimum Gasteiger partial charge on any atom is -0.323 e. The van der Waals surface area contributed by atoms with Gasteiger partial charge in [-0.1, -0.05) is 6.07 Å². The predicted molar refractivity (Wildman–Crippen MR) is 58.0 cm³/mol. The van der Waals surface area contributed by atoms with Crippen molar-refractivity contribution in [3.63, 3.8) is 0 Å². The normalized spacial score (nSPS) is 14.6. The third kappa shape index (κ3) is 3.95. The largest absolute Gasteiger partial charge is 0.419 e. The zero-order valence-electron chi connectivity index (χ0n) is 9.33. The number of alkyl halides is 3. The van der Waals surface area contributed by atoms with Crippen molar-refractivity contribution in [3.05, 3.63) is 35.1 Å². The van der Waals surface area contributed by atoms with Gasteiger partial charge in [0.1, 0.15) is 15.7 Å². The summed E-state index contributed by atoms with van der Waals surface area (Å²) < 4.78 is 72.0. The lowest BCUT2D eigenvalue weighted by Gasteiger charge is -2.13. The van der Waals surface area contributed by atoms with Crippen LogP contribution in [0.1, 0.15) is 17.2 Å². The average Bonchev–Trinajstić information content (AvgIpc) is 2.12. The third-order valence-electron chi connectivity index (χ3n) is 2.21. The Morgan fingerprint density at radius 3 is 2.28 bits per heavy atom. The van der Waals surface area contributed by atoms with Gasteiger partial charge < -0.3 is 5.73 Å². The Labute approximate surface area is 102 Å². The van der Waals surface area contributed by atoms with Gasteiger partial charge in [-0.25, -0.2) is 12.8 Å². The third-order valence-corrected chi connectivity index (χ3v) is 3.17. The molecule has 0 aliphatic heterocycles. The van der Waals surface area contributed by atoms with E-state index in [0.29, 0.717) is 12.1 Å². The maximum Gasteiger partial charge on any atom is 0.419 e. The summed E-state index contributed by atoms with van der Waals surface area (Å²) in [7, 11) is -3.39. The molecular weight excluding hydrogens is 274 g/mol. The first-order chi connectivity index (χ1) is 8.00. The number of hydrogen-bond acceptors (Lipinski definition) is 3. The van der Waals surface area contributed by atoms with E-state index in [1.165, 1.54) is 0 Å². The van der Waals surface area contributed by atoms with Crippen molar-refractivity contribution in [3.8, 4) is 0 Å². The lowest BCUT2D eigenvalue weighted by Crippen LogP contribution is -2.21. The van der Waals surface area contributed by atoms with Crippen LogP contribution in [0.15, 0.2) is 18.2 Å². The number of nitrogens with two attached hydrogens (primary N) is 1. The molecule has 0 radical (unpaired) electrons. The second-order valence-electron chi connectivity index (χ2n) is 3.94. The summed E-state index contributed by atoms with van der Waals surface area (Å²) in [5.41, 5.74) is 4.08. The van der Waals surface area contributed by atoms with Gasteiger partial charge in [-0.15, -0.1) is 0 Å². The van der Waals surface area contributed by atoms with E-state index < -0.39 is 39.2 Å². The summed E-state index contributed by atoms with van der Waals surface area (Å²) in [6.45, 7) is 0. The quantitative estimate of drug-likeness (QED) is 0.863. The van der Waals surface area contributed by atoms with E-state index in [1.54, 1.807) is 0 Å². The Morgan fingerprint density at radius 2 is 1.89 bits per heavy atom. The number of rotatable bonds is 3. The molecule has 0 amide bonds. The van der Waals surface area contributed by atoms with Crippen LogP contribution in [0.4, 0.5) is 17.6 Å². The van der Waals surface area contributed by atoms with E-state index >= 15 is 0 Å². The molecule has 1 atom stereocenters. The van der Waals surface area contributed by atoms with E-state index in [1.807, 2.05) is 0 Å². The van der Waals surface area contributed by atoms with Crippen LogP contribution in [0.3, 0.4) is 0 Å². The highest BCUT2D eigenvalue weighted by Gasteiger charge is 2.34. The van der Waals surface area contributed by atoms with Gasteiger partial charge in [0.15, 0.2) is 0 Å². The van der Waals surface area contributed by atoms with E-state index in [0.717, 1.165) is 12.3 Å². The van der Waals surface area contributed by atoms with Crippen molar-refractivity contribution < 1.29 is 26.0 Å². The van der Waals surface area contributed by atoms with Crippen molar-refractivity contribution in [2.75, 3.05) is 12.0 Å². The zero-order chi connectivity index (χ0) is 14.1. The molecule has 0 heterocycles. The highest BCUT2D eigenvalue weighted by molar-refractivity contribution is 7.90. The van der Waals surface area contributed by atoms with Crippen LogP contribution in [0, 0.1) is 5.82 Å². The Bertz CT molecular complexity index is 539. The molecular formula is C10H11F4NO2S. The van der Waals surface area contributed by atoms with E-state index in [-0.39, 0.29) is 5.56 Å². The van der Waals surface area contributed by atoms with Gasteiger partial charge in [-0.3, -0.25) is 0 Å². The van der Waals surface area contributed by atoms with E-state index in [9.17, 15) is 26.0 Å². The molecule has 0 saturated carbocycles. The Morgan fingerprint density at radius 1 is 1.33 bits per heavy atom. The smallest absolute Gasteiger partial charge is 0.323 e. The number of hydrogen-bond donors (Lipinski definition) is 1. The lowest BCUT2D eigenvalue weighted by atomic mass is 10.1. The summed E-state index contributed by atoms with van der Waals surface area (Å²) in [5.74, 6) is -1.93. The second kappa shape index (κ2) is 4.85. The van der Waals surface area contributed by atoms with E-state index in [4.69, 9.17) is 5.73 Å². The first kappa shape index (κ1) is 14.9. The van der Waals surface area contributed by atoms with Crippen LogP contribution in [-0.2, 0) is 16.0 Å². The van der Waals surface area contributed by atoms with Gasteiger partial charge in [-0.2, -0.15) is 13.2 Å². The Balaban J connectivity index is 3.05. The fraction of sp³-hybridized carbons (Fsp3) is 0.400. The average molecular weight is 285 g/mol. The van der Waals surface area contributed by atoms with Crippen molar-refractivity contribution in [2.45, 2.75) is 12.2 Å². The molecule has 1 unspecified atom stereocenters. The van der Waals surface area contributed by atoms with Crippen LogP contribution in [0.5, 0.6) is 0 Å². The number of sulfone groups is 1.